The predicted molar refractivity (Wildman–Crippen MR) is 45.4 cm³/mol. The van der Waals surface area contributed by atoms with E-state index in [0.717, 1.165) is 0 Å². The van der Waals surface area contributed by atoms with Crippen molar-refractivity contribution < 1.29 is 19.4 Å². The summed E-state index contributed by atoms with van der Waals surface area (Å²) in [6.07, 6.45) is -0.371. The van der Waals surface area contributed by atoms with Crippen molar-refractivity contribution >= 4 is 6.09 Å². The molecule has 1 rings (SSSR count). The smallest absolute Gasteiger partial charge is 0.410 e. The lowest BCUT2D eigenvalue weighted by Crippen LogP contribution is -2.50. The van der Waals surface area contributed by atoms with E-state index in [4.69, 9.17) is 14.6 Å². The van der Waals surface area contributed by atoms with Crippen LogP contribution in [0.15, 0.2) is 0 Å². The first-order chi connectivity index (χ1) is 6.29. The highest BCUT2D eigenvalue weighted by molar-refractivity contribution is 5.68. The van der Waals surface area contributed by atoms with Crippen molar-refractivity contribution in [2.24, 2.45) is 0 Å². The van der Waals surface area contributed by atoms with Crippen LogP contribution >= 0.6 is 0 Å². The van der Waals surface area contributed by atoms with Crippen molar-refractivity contribution in [3.63, 3.8) is 0 Å². The molecule has 1 fully saturated rings. The van der Waals surface area contributed by atoms with Crippen molar-refractivity contribution in [3.05, 3.63) is 0 Å². The molecule has 0 saturated carbocycles. The summed E-state index contributed by atoms with van der Waals surface area (Å²) in [6, 6.07) is -0.257. The standard InChI is InChI=1S/C8H15NO4/c1-2-13-8(11)9-3-4-12-6-7(9)5-10/h7,10H,2-6H2,1H3. The molecule has 0 spiro atoms. The normalized spacial score (nSPS) is 22.9. The van der Waals surface area contributed by atoms with E-state index in [1.807, 2.05) is 0 Å². The SMILES string of the molecule is CCOC(=O)N1CCOCC1CO. The molecule has 0 bridgehead atoms. The lowest BCUT2D eigenvalue weighted by molar-refractivity contribution is -0.0250. The van der Waals surface area contributed by atoms with Gasteiger partial charge in [0.25, 0.3) is 0 Å². The van der Waals surface area contributed by atoms with Crippen LogP contribution < -0.4 is 0 Å². The molecule has 1 saturated heterocycles. The first-order valence-electron chi connectivity index (χ1n) is 4.41. The van der Waals surface area contributed by atoms with Crippen molar-refractivity contribution in [1.29, 1.82) is 0 Å². The van der Waals surface area contributed by atoms with E-state index in [9.17, 15) is 4.79 Å². The van der Waals surface area contributed by atoms with Gasteiger partial charge < -0.3 is 14.6 Å². The van der Waals surface area contributed by atoms with Crippen molar-refractivity contribution in [2.45, 2.75) is 13.0 Å². The van der Waals surface area contributed by atoms with Crippen LogP contribution in [-0.2, 0) is 9.47 Å². The van der Waals surface area contributed by atoms with Crippen LogP contribution in [0, 0.1) is 0 Å². The van der Waals surface area contributed by atoms with Gasteiger partial charge in [-0.05, 0) is 6.92 Å². The summed E-state index contributed by atoms with van der Waals surface area (Å²) in [6.45, 7) is 3.41. The highest BCUT2D eigenvalue weighted by atomic mass is 16.6. The summed E-state index contributed by atoms with van der Waals surface area (Å²) in [5.74, 6) is 0. The molecule has 0 aromatic heterocycles. The summed E-state index contributed by atoms with van der Waals surface area (Å²) in [5.41, 5.74) is 0. The maximum atomic E-state index is 11.3. The number of nitrogens with zero attached hydrogens (tertiary/aromatic N) is 1. The first-order valence-corrected chi connectivity index (χ1v) is 4.41. The van der Waals surface area contributed by atoms with Gasteiger partial charge in [-0.3, -0.25) is 4.90 Å². The van der Waals surface area contributed by atoms with Crippen LogP contribution in [-0.4, -0.2) is 55.1 Å². The number of aliphatic hydroxyl groups excluding tert-OH is 1. The number of rotatable bonds is 2. The number of hydrogen-bond acceptors (Lipinski definition) is 4. The van der Waals surface area contributed by atoms with Crippen LogP contribution in [0.1, 0.15) is 6.92 Å². The van der Waals surface area contributed by atoms with E-state index in [1.54, 1.807) is 6.92 Å². The third-order valence-corrected chi connectivity index (χ3v) is 1.94. The molecule has 76 valence electrons. The number of morpholine rings is 1. The summed E-state index contributed by atoms with van der Waals surface area (Å²) >= 11 is 0. The fraction of sp³-hybridized carbons (Fsp3) is 0.875. The average Bonchev–Trinajstić information content (AvgIpc) is 2.18. The third kappa shape index (κ3) is 2.57. The second-order valence-electron chi connectivity index (χ2n) is 2.80. The number of aliphatic hydroxyl groups is 1. The minimum absolute atomic E-state index is 0.0845. The predicted octanol–water partition coefficient (Wildman–Crippen LogP) is -0.164. The van der Waals surface area contributed by atoms with Crippen LogP contribution in [0.4, 0.5) is 4.79 Å². The molecule has 1 aliphatic rings. The number of amides is 1. The molecule has 13 heavy (non-hydrogen) atoms. The minimum atomic E-state index is -0.371. The van der Waals surface area contributed by atoms with E-state index in [1.165, 1.54) is 4.90 Å². The molecular formula is C8H15NO4. The number of carbonyl (C=O) groups excluding carboxylic acids is 1. The molecule has 1 N–H and O–H groups in total. The van der Waals surface area contributed by atoms with E-state index < -0.39 is 0 Å². The van der Waals surface area contributed by atoms with E-state index in [-0.39, 0.29) is 18.7 Å². The van der Waals surface area contributed by atoms with Gasteiger partial charge in [-0.15, -0.1) is 0 Å². The molecule has 5 heteroatoms. The number of carbonyl (C=O) groups is 1. The number of hydrogen-bond donors (Lipinski definition) is 1. The Hall–Kier alpha value is -0.810. The fourth-order valence-corrected chi connectivity index (χ4v) is 1.25. The lowest BCUT2D eigenvalue weighted by Gasteiger charge is -2.33. The van der Waals surface area contributed by atoms with Gasteiger partial charge in [-0.25, -0.2) is 4.79 Å². The Balaban J connectivity index is 2.48. The quantitative estimate of drug-likeness (QED) is 0.655. The number of ether oxygens (including phenoxy) is 2. The van der Waals surface area contributed by atoms with Crippen LogP contribution in [0.3, 0.4) is 0 Å². The molecule has 5 nitrogen and oxygen atoms in total. The maximum absolute atomic E-state index is 11.3. The molecule has 1 heterocycles. The Bertz CT molecular complexity index is 174. The van der Waals surface area contributed by atoms with Gasteiger partial charge in [0, 0.05) is 6.54 Å². The maximum Gasteiger partial charge on any atom is 0.410 e. The Morgan fingerprint density at radius 1 is 1.77 bits per heavy atom. The molecule has 1 amide bonds. The van der Waals surface area contributed by atoms with Crippen LogP contribution in [0.25, 0.3) is 0 Å². The second kappa shape index (κ2) is 5.04. The van der Waals surface area contributed by atoms with Gasteiger partial charge in [-0.1, -0.05) is 0 Å². The lowest BCUT2D eigenvalue weighted by atomic mass is 10.2. The van der Waals surface area contributed by atoms with E-state index >= 15 is 0 Å². The van der Waals surface area contributed by atoms with Crippen molar-refractivity contribution in [2.75, 3.05) is 33.0 Å². The Labute approximate surface area is 77.2 Å². The zero-order valence-corrected chi connectivity index (χ0v) is 7.73. The molecule has 0 aromatic carbocycles. The van der Waals surface area contributed by atoms with Crippen molar-refractivity contribution in [3.8, 4) is 0 Å². The third-order valence-electron chi connectivity index (χ3n) is 1.94. The van der Waals surface area contributed by atoms with Gasteiger partial charge in [0.15, 0.2) is 0 Å². The molecule has 0 aliphatic carbocycles. The molecule has 0 aromatic rings. The molecule has 0 radical (unpaired) electrons. The molecule has 1 atom stereocenters. The van der Waals surface area contributed by atoms with Gasteiger partial charge in [0.05, 0.1) is 32.5 Å². The van der Waals surface area contributed by atoms with E-state index in [2.05, 4.69) is 0 Å². The summed E-state index contributed by atoms with van der Waals surface area (Å²) in [4.78, 5) is 12.8. The summed E-state index contributed by atoms with van der Waals surface area (Å²) in [7, 11) is 0. The Morgan fingerprint density at radius 2 is 2.54 bits per heavy atom. The van der Waals surface area contributed by atoms with Crippen LogP contribution in [0.2, 0.25) is 0 Å². The second-order valence-corrected chi connectivity index (χ2v) is 2.80. The highest BCUT2D eigenvalue weighted by Crippen LogP contribution is 2.07. The zero-order valence-electron chi connectivity index (χ0n) is 7.73. The Morgan fingerprint density at radius 3 is 3.15 bits per heavy atom. The molecular weight excluding hydrogens is 174 g/mol. The molecule has 1 unspecified atom stereocenters. The fourth-order valence-electron chi connectivity index (χ4n) is 1.25. The van der Waals surface area contributed by atoms with Gasteiger partial charge in [0.1, 0.15) is 0 Å². The van der Waals surface area contributed by atoms with Gasteiger partial charge in [-0.2, -0.15) is 0 Å². The Kier molecular flexibility index (Phi) is 3.98. The van der Waals surface area contributed by atoms with Gasteiger partial charge >= 0.3 is 6.09 Å². The van der Waals surface area contributed by atoms with Crippen LogP contribution in [0.5, 0.6) is 0 Å². The van der Waals surface area contributed by atoms with Gasteiger partial charge in [0.2, 0.25) is 0 Å². The largest absolute Gasteiger partial charge is 0.450 e. The highest BCUT2D eigenvalue weighted by Gasteiger charge is 2.27. The first kappa shape index (κ1) is 10.3. The average molecular weight is 189 g/mol. The summed E-state index contributed by atoms with van der Waals surface area (Å²) in [5, 5.41) is 8.95. The van der Waals surface area contributed by atoms with Crippen molar-refractivity contribution in [1.82, 2.24) is 4.90 Å². The minimum Gasteiger partial charge on any atom is -0.450 e. The zero-order chi connectivity index (χ0) is 9.68. The topological polar surface area (TPSA) is 59.0 Å². The summed E-state index contributed by atoms with van der Waals surface area (Å²) < 4.78 is 9.96. The molecule has 1 aliphatic heterocycles. The van der Waals surface area contributed by atoms with E-state index in [0.29, 0.717) is 26.4 Å². The monoisotopic (exact) mass is 189 g/mol.